The predicted molar refractivity (Wildman–Crippen MR) is 133 cm³/mol. The number of imide groups is 1. The van der Waals surface area contributed by atoms with Gasteiger partial charge in [0.15, 0.2) is 11.0 Å². The number of halogens is 1. The Kier molecular flexibility index (Phi) is 6.46. The van der Waals surface area contributed by atoms with Gasteiger partial charge in [-0.3, -0.25) is 24.1 Å². The molecule has 0 bridgehead atoms. The molecule has 2 aromatic rings. The largest absolute Gasteiger partial charge is 0.468 e. The van der Waals surface area contributed by atoms with Crippen molar-refractivity contribution < 1.29 is 38.2 Å². The van der Waals surface area contributed by atoms with Crippen LogP contribution in [-0.2, 0) is 28.6 Å². The summed E-state index contributed by atoms with van der Waals surface area (Å²) in [5.74, 6) is -3.82. The molecule has 0 unspecified atom stereocenters. The van der Waals surface area contributed by atoms with Gasteiger partial charge in [0.1, 0.15) is 24.3 Å². The molecule has 202 valence electrons. The molecular weight excluding hydrogens is 534 g/mol. The molecule has 5 rings (SSSR count). The molecule has 3 aliphatic heterocycles. The van der Waals surface area contributed by atoms with Crippen LogP contribution in [0.3, 0.4) is 0 Å². The average molecular weight is 556 g/mol. The molecule has 39 heavy (non-hydrogen) atoms. The lowest BCUT2D eigenvalue weighted by Crippen LogP contribution is -2.56. The summed E-state index contributed by atoms with van der Waals surface area (Å²) < 4.78 is 15.1. The Morgan fingerprint density at radius 1 is 1.08 bits per heavy atom. The van der Waals surface area contributed by atoms with Crippen molar-refractivity contribution in [3.63, 3.8) is 0 Å². The number of anilines is 2. The molecule has 0 aliphatic carbocycles. The monoisotopic (exact) mass is 555 g/mol. The summed E-state index contributed by atoms with van der Waals surface area (Å²) in [6, 6.07) is 6.27. The maximum absolute atomic E-state index is 13.5. The van der Waals surface area contributed by atoms with Crippen LogP contribution in [-0.4, -0.2) is 77.7 Å². The first-order valence-electron chi connectivity index (χ1n) is 11.8. The van der Waals surface area contributed by atoms with Crippen molar-refractivity contribution in [1.29, 1.82) is 0 Å². The third-order valence-corrected chi connectivity index (χ3v) is 7.21. The van der Waals surface area contributed by atoms with Crippen molar-refractivity contribution in [2.24, 2.45) is 5.41 Å². The van der Waals surface area contributed by atoms with Gasteiger partial charge in [-0.1, -0.05) is 23.7 Å². The second-order valence-corrected chi connectivity index (χ2v) is 9.12. The van der Waals surface area contributed by atoms with Gasteiger partial charge < -0.3 is 24.0 Å². The van der Waals surface area contributed by atoms with Crippen molar-refractivity contribution in [2.75, 3.05) is 30.6 Å². The van der Waals surface area contributed by atoms with E-state index in [-0.39, 0.29) is 34.4 Å². The van der Waals surface area contributed by atoms with Crippen LogP contribution in [0, 0.1) is 5.41 Å². The van der Waals surface area contributed by atoms with Gasteiger partial charge >= 0.3 is 17.9 Å². The molecule has 1 aromatic heterocycles. The number of amides is 2. The molecule has 0 saturated carbocycles. The Balaban J connectivity index is 1.74. The van der Waals surface area contributed by atoms with Gasteiger partial charge in [-0.05, 0) is 19.1 Å². The summed E-state index contributed by atoms with van der Waals surface area (Å²) in [6.45, 7) is 1.74. The number of carbonyl (C=O) groups is 5. The first-order chi connectivity index (χ1) is 18.7. The molecule has 3 aliphatic rings. The van der Waals surface area contributed by atoms with E-state index in [4.69, 9.17) is 25.8 Å². The first-order valence-corrected chi connectivity index (χ1v) is 12.2. The SMILES string of the molecule is CCOC(=O)/C=C/N1c2ncnc(Cl)c2N2[C@H](N3C(=O)c4ccccc4C3=O)CC(C(=O)OC)(C(=O)OC)[C@@H]12. The lowest BCUT2D eigenvalue weighted by molar-refractivity contribution is -0.169. The number of carbonyl (C=O) groups excluding carboxylic acids is 5. The molecule has 2 atom stereocenters. The average Bonchev–Trinajstić information content (AvgIpc) is 3.54. The zero-order valence-electron chi connectivity index (χ0n) is 21.0. The number of fused-ring (bicyclic) bond motifs is 4. The fourth-order valence-corrected chi connectivity index (χ4v) is 5.64. The fraction of sp³-hybridized carbons (Fsp3) is 0.320. The lowest BCUT2D eigenvalue weighted by Gasteiger charge is -2.35. The van der Waals surface area contributed by atoms with Crippen LogP contribution >= 0.6 is 11.6 Å². The number of hydrogen-bond acceptors (Lipinski definition) is 12. The predicted octanol–water partition coefficient (Wildman–Crippen LogP) is 1.52. The minimum absolute atomic E-state index is 0.0795. The molecule has 1 aromatic carbocycles. The minimum Gasteiger partial charge on any atom is -0.468 e. The van der Waals surface area contributed by atoms with Crippen LogP contribution in [0.25, 0.3) is 0 Å². The number of methoxy groups -OCH3 is 2. The third kappa shape index (κ3) is 3.64. The highest BCUT2D eigenvalue weighted by atomic mass is 35.5. The summed E-state index contributed by atoms with van der Waals surface area (Å²) in [7, 11) is 2.20. The van der Waals surface area contributed by atoms with E-state index in [2.05, 4.69) is 9.97 Å². The van der Waals surface area contributed by atoms with Gasteiger partial charge in [-0.15, -0.1) is 0 Å². The normalized spacial score (nSPS) is 20.7. The van der Waals surface area contributed by atoms with Crippen LogP contribution in [0.15, 0.2) is 42.9 Å². The highest BCUT2D eigenvalue weighted by Gasteiger charge is 2.71. The number of rotatable bonds is 6. The molecule has 1 fully saturated rings. The van der Waals surface area contributed by atoms with Crippen molar-refractivity contribution in [2.45, 2.75) is 25.7 Å². The van der Waals surface area contributed by atoms with E-state index >= 15 is 0 Å². The summed E-state index contributed by atoms with van der Waals surface area (Å²) >= 11 is 6.51. The molecular formula is C25H22ClN5O8. The van der Waals surface area contributed by atoms with Gasteiger partial charge in [0.2, 0.25) is 5.41 Å². The van der Waals surface area contributed by atoms with E-state index < -0.39 is 53.9 Å². The van der Waals surface area contributed by atoms with E-state index in [1.165, 1.54) is 28.1 Å². The van der Waals surface area contributed by atoms with Crippen LogP contribution in [0.1, 0.15) is 34.1 Å². The van der Waals surface area contributed by atoms with E-state index in [0.717, 1.165) is 31.5 Å². The molecule has 14 heteroatoms. The Morgan fingerprint density at radius 3 is 2.26 bits per heavy atom. The zero-order valence-corrected chi connectivity index (χ0v) is 21.7. The molecule has 1 saturated heterocycles. The van der Waals surface area contributed by atoms with Gasteiger partial charge in [-0.2, -0.15) is 0 Å². The topological polar surface area (TPSA) is 149 Å². The van der Waals surface area contributed by atoms with Crippen LogP contribution in [0.2, 0.25) is 5.15 Å². The number of nitrogens with zero attached hydrogens (tertiary/aromatic N) is 5. The summed E-state index contributed by atoms with van der Waals surface area (Å²) in [5.41, 5.74) is -1.65. The first kappa shape index (κ1) is 26.1. The Hall–Kier alpha value is -4.52. The van der Waals surface area contributed by atoms with E-state index in [9.17, 15) is 24.0 Å². The molecule has 13 nitrogen and oxygen atoms in total. The Morgan fingerprint density at radius 2 is 1.69 bits per heavy atom. The number of ether oxygens (including phenoxy) is 3. The molecule has 4 heterocycles. The maximum atomic E-state index is 13.5. The second-order valence-electron chi connectivity index (χ2n) is 8.76. The van der Waals surface area contributed by atoms with Gasteiger partial charge in [-0.25, -0.2) is 14.8 Å². The van der Waals surface area contributed by atoms with Gasteiger partial charge in [0.25, 0.3) is 11.8 Å². The number of hydrogen-bond donors (Lipinski definition) is 0. The standard InChI is InChI=1S/C25H22ClN5O8/c1-4-39-16(32)9-10-29-19-17(18(26)27-12-28-19)30-15(11-25(22(29)30,23(35)37-2)24(36)38-3)31-20(33)13-7-5-6-8-14(13)21(31)34/h5-10,12,15,22H,4,11H2,1-3H3/b10-9+/t15-,22+/m1/s1. The van der Waals surface area contributed by atoms with Crippen LogP contribution in [0.4, 0.5) is 11.5 Å². The van der Waals surface area contributed by atoms with E-state index in [0.29, 0.717) is 0 Å². The van der Waals surface area contributed by atoms with Crippen molar-refractivity contribution in [1.82, 2.24) is 14.9 Å². The quantitative estimate of drug-likeness (QED) is 0.127. The third-order valence-electron chi connectivity index (χ3n) is 6.94. The van der Waals surface area contributed by atoms with Crippen molar-refractivity contribution >= 4 is 52.8 Å². The number of esters is 3. The summed E-state index contributed by atoms with van der Waals surface area (Å²) in [5, 5.41) is -0.0795. The van der Waals surface area contributed by atoms with Crippen molar-refractivity contribution in [3.8, 4) is 0 Å². The maximum Gasteiger partial charge on any atom is 0.332 e. The van der Waals surface area contributed by atoms with E-state index in [1.54, 1.807) is 19.1 Å². The molecule has 0 N–H and O–H groups in total. The minimum atomic E-state index is -2.12. The van der Waals surface area contributed by atoms with Crippen molar-refractivity contribution in [3.05, 3.63) is 59.1 Å². The van der Waals surface area contributed by atoms with Gasteiger partial charge in [0.05, 0.1) is 32.0 Å². The smallest absolute Gasteiger partial charge is 0.332 e. The zero-order chi connectivity index (χ0) is 28.1. The lowest BCUT2D eigenvalue weighted by atomic mass is 9.82. The summed E-state index contributed by atoms with van der Waals surface area (Å²) in [6.07, 6.45) is 0.573. The van der Waals surface area contributed by atoms with Gasteiger partial charge in [0, 0.05) is 18.7 Å². The number of aromatic nitrogens is 2. The van der Waals surface area contributed by atoms with E-state index in [1.807, 2.05) is 0 Å². The fourth-order valence-electron chi connectivity index (χ4n) is 5.41. The Bertz CT molecular complexity index is 1390. The molecule has 2 amide bonds. The highest BCUT2D eigenvalue weighted by molar-refractivity contribution is 6.33. The van der Waals surface area contributed by atoms with Crippen LogP contribution in [0.5, 0.6) is 0 Å². The summed E-state index contributed by atoms with van der Waals surface area (Å²) in [4.78, 5) is 78.3. The van der Waals surface area contributed by atoms with Crippen LogP contribution < -0.4 is 9.80 Å². The molecule has 0 radical (unpaired) electrons. The Labute approximate surface area is 226 Å². The highest BCUT2D eigenvalue weighted by Crippen LogP contribution is 2.56. The second kappa shape index (κ2) is 9.66. The molecule has 0 spiro atoms. The number of benzene rings is 1.